The van der Waals surface area contributed by atoms with Gasteiger partial charge in [0.15, 0.2) is 0 Å². The number of hydrogen-bond acceptors (Lipinski definition) is 4. The van der Waals surface area contributed by atoms with Gasteiger partial charge in [0.2, 0.25) is 0 Å². The van der Waals surface area contributed by atoms with Crippen LogP contribution in [-0.2, 0) is 11.3 Å². The fraction of sp³-hybridized carbons (Fsp3) is 0.0588. The molecule has 0 saturated carbocycles. The van der Waals surface area contributed by atoms with Gasteiger partial charge in [-0.2, -0.15) is 0 Å². The van der Waals surface area contributed by atoms with Gasteiger partial charge >= 0.3 is 0 Å². The van der Waals surface area contributed by atoms with Crippen molar-refractivity contribution in [2.24, 2.45) is 0 Å². The molecule has 0 unspecified atom stereocenters. The quantitative estimate of drug-likeness (QED) is 0.360. The topological polar surface area (TPSA) is 57.6 Å². The average Bonchev–Trinajstić information content (AvgIpc) is 2.82. The molecule has 2 amide bonds. The molecule has 1 aliphatic rings. The third-order valence-corrected chi connectivity index (χ3v) is 6.46. The molecule has 1 heterocycles. The number of imide groups is 1. The van der Waals surface area contributed by atoms with Crippen LogP contribution in [0.2, 0.25) is 5.02 Å². The standard InChI is InChI=1S/C17H9ClFI2NO3S/c18-11-6-10(19)2-1-9(11)7-22-16(24)14(26-17(22)25)5-8-3-12(20)15(23)13(21)4-8/h1-6,23H,7H2/b14-5+. The number of nitrogens with zero attached hydrogens (tertiary/aromatic N) is 1. The summed E-state index contributed by atoms with van der Waals surface area (Å²) in [5.41, 5.74) is 1.20. The summed E-state index contributed by atoms with van der Waals surface area (Å²) in [4.78, 5) is 26.2. The third-order valence-electron chi connectivity index (χ3n) is 3.55. The SMILES string of the molecule is O=C1S/C(=C/c2cc(I)c(O)c(I)c2)C(=O)N1Cc1ccc(F)cc1Cl. The van der Waals surface area contributed by atoms with E-state index >= 15 is 0 Å². The molecule has 4 nitrogen and oxygen atoms in total. The predicted molar refractivity (Wildman–Crippen MR) is 116 cm³/mol. The van der Waals surface area contributed by atoms with Crippen molar-refractivity contribution >= 4 is 85.8 Å². The van der Waals surface area contributed by atoms with Crippen LogP contribution >= 0.6 is 68.5 Å². The lowest BCUT2D eigenvalue weighted by Gasteiger charge is -2.13. The summed E-state index contributed by atoms with van der Waals surface area (Å²) in [5, 5.41) is 9.58. The van der Waals surface area contributed by atoms with Crippen LogP contribution in [0.5, 0.6) is 5.75 Å². The third kappa shape index (κ3) is 4.18. The summed E-state index contributed by atoms with van der Waals surface area (Å²) in [7, 11) is 0. The maximum absolute atomic E-state index is 13.1. The number of phenolic OH excluding ortho intramolecular Hbond substituents is 1. The summed E-state index contributed by atoms with van der Waals surface area (Å²) < 4.78 is 14.5. The van der Waals surface area contributed by atoms with Crippen molar-refractivity contribution in [2.45, 2.75) is 6.54 Å². The maximum atomic E-state index is 13.1. The largest absolute Gasteiger partial charge is 0.506 e. The first-order valence-electron chi connectivity index (χ1n) is 7.13. The van der Waals surface area contributed by atoms with Gasteiger partial charge in [-0.3, -0.25) is 14.5 Å². The lowest BCUT2D eigenvalue weighted by atomic mass is 10.2. The molecule has 3 rings (SSSR count). The molecular weight excluding hydrogens is 607 g/mol. The number of phenols is 1. The van der Waals surface area contributed by atoms with Crippen LogP contribution < -0.4 is 0 Å². The minimum atomic E-state index is -0.482. The zero-order chi connectivity index (χ0) is 19.0. The smallest absolute Gasteiger partial charge is 0.293 e. The highest BCUT2D eigenvalue weighted by atomic mass is 127. The van der Waals surface area contributed by atoms with E-state index in [9.17, 15) is 19.1 Å². The van der Waals surface area contributed by atoms with Crippen LogP contribution in [0.25, 0.3) is 6.08 Å². The summed E-state index contributed by atoms with van der Waals surface area (Å²) in [5.74, 6) is -0.731. The second-order valence-electron chi connectivity index (χ2n) is 5.34. The molecule has 1 aliphatic heterocycles. The number of carbonyl (C=O) groups excluding carboxylic acids is 2. The Kier molecular flexibility index (Phi) is 6.14. The molecule has 0 aromatic heterocycles. The van der Waals surface area contributed by atoms with Crippen molar-refractivity contribution in [2.75, 3.05) is 0 Å². The Morgan fingerprint density at radius 3 is 2.46 bits per heavy atom. The Hall–Kier alpha value is -0.850. The summed E-state index contributed by atoms with van der Waals surface area (Å²) in [6.07, 6.45) is 1.61. The van der Waals surface area contributed by atoms with Gasteiger partial charge in [-0.25, -0.2) is 4.39 Å². The molecule has 0 spiro atoms. The molecule has 0 atom stereocenters. The number of aromatic hydroxyl groups is 1. The number of halogens is 4. The minimum absolute atomic E-state index is 0.0221. The number of rotatable bonds is 3. The monoisotopic (exact) mass is 615 g/mol. The Morgan fingerprint density at radius 2 is 1.85 bits per heavy atom. The number of carbonyl (C=O) groups is 2. The van der Waals surface area contributed by atoms with E-state index in [1.54, 1.807) is 18.2 Å². The van der Waals surface area contributed by atoms with Crippen LogP contribution in [0.4, 0.5) is 9.18 Å². The highest BCUT2D eigenvalue weighted by Gasteiger charge is 2.35. The Morgan fingerprint density at radius 1 is 1.19 bits per heavy atom. The van der Waals surface area contributed by atoms with Crippen molar-refractivity contribution in [3.63, 3.8) is 0 Å². The Balaban J connectivity index is 1.87. The molecule has 134 valence electrons. The average molecular weight is 616 g/mol. The number of amides is 2. The molecule has 26 heavy (non-hydrogen) atoms. The van der Waals surface area contributed by atoms with Crippen LogP contribution in [0.3, 0.4) is 0 Å². The summed E-state index contributed by atoms with van der Waals surface area (Å²) in [6, 6.07) is 7.28. The van der Waals surface area contributed by atoms with Crippen LogP contribution in [-0.4, -0.2) is 21.2 Å². The number of benzene rings is 2. The molecule has 1 fully saturated rings. The zero-order valence-electron chi connectivity index (χ0n) is 12.8. The molecule has 0 aliphatic carbocycles. The van der Waals surface area contributed by atoms with E-state index in [0.29, 0.717) is 18.3 Å². The van der Waals surface area contributed by atoms with Crippen LogP contribution in [0.1, 0.15) is 11.1 Å². The highest BCUT2D eigenvalue weighted by molar-refractivity contribution is 14.1. The second-order valence-corrected chi connectivity index (χ2v) is 9.06. The molecule has 2 aromatic rings. The normalized spacial score (nSPS) is 16.0. The molecule has 1 N–H and O–H groups in total. The van der Waals surface area contributed by atoms with E-state index in [2.05, 4.69) is 0 Å². The lowest BCUT2D eigenvalue weighted by Crippen LogP contribution is -2.27. The zero-order valence-corrected chi connectivity index (χ0v) is 18.7. The molecule has 1 saturated heterocycles. The van der Waals surface area contributed by atoms with E-state index < -0.39 is 17.0 Å². The Labute approximate surface area is 185 Å². The fourth-order valence-corrected chi connectivity index (χ4v) is 5.16. The van der Waals surface area contributed by atoms with E-state index in [0.717, 1.165) is 22.7 Å². The highest BCUT2D eigenvalue weighted by Crippen LogP contribution is 2.35. The van der Waals surface area contributed by atoms with E-state index in [-0.39, 0.29) is 22.2 Å². The molecule has 0 radical (unpaired) electrons. The number of hydrogen-bond donors (Lipinski definition) is 1. The van der Waals surface area contributed by atoms with Crippen molar-refractivity contribution in [1.82, 2.24) is 4.90 Å². The lowest BCUT2D eigenvalue weighted by molar-refractivity contribution is -0.123. The van der Waals surface area contributed by atoms with Gasteiger partial charge in [-0.15, -0.1) is 0 Å². The second kappa shape index (κ2) is 8.03. The molecule has 0 bridgehead atoms. The predicted octanol–water partition coefficient (Wildman–Crippen LogP) is 5.63. The van der Waals surface area contributed by atoms with E-state index in [1.807, 2.05) is 45.2 Å². The summed E-state index contributed by atoms with van der Waals surface area (Å²) >= 11 is 10.8. The minimum Gasteiger partial charge on any atom is -0.506 e. The van der Waals surface area contributed by atoms with Gasteiger partial charge in [-0.1, -0.05) is 17.7 Å². The first-order valence-corrected chi connectivity index (χ1v) is 10.5. The maximum Gasteiger partial charge on any atom is 0.293 e. The first kappa shape index (κ1) is 19.9. The van der Waals surface area contributed by atoms with Gasteiger partial charge in [0, 0.05) is 5.02 Å². The number of thioether (sulfide) groups is 1. The van der Waals surface area contributed by atoms with Crippen molar-refractivity contribution in [3.8, 4) is 5.75 Å². The molecule has 2 aromatic carbocycles. The van der Waals surface area contributed by atoms with Gasteiger partial charge < -0.3 is 5.11 Å². The van der Waals surface area contributed by atoms with Gasteiger partial charge in [0.1, 0.15) is 11.6 Å². The molecular formula is C17H9ClFI2NO3S. The fourth-order valence-electron chi connectivity index (χ4n) is 2.28. The van der Waals surface area contributed by atoms with E-state index in [4.69, 9.17) is 11.6 Å². The Bertz CT molecular complexity index is 944. The van der Waals surface area contributed by atoms with Crippen LogP contribution in [0, 0.1) is 13.0 Å². The van der Waals surface area contributed by atoms with Crippen LogP contribution in [0.15, 0.2) is 35.2 Å². The summed E-state index contributed by atoms with van der Waals surface area (Å²) in [6.45, 7) is -0.0221. The van der Waals surface area contributed by atoms with Crippen molar-refractivity contribution in [1.29, 1.82) is 0 Å². The van der Waals surface area contributed by atoms with E-state index in [1.165, 1.54) is 12.1 Å². The molecule has 9 heteroatoms. The van der Waals surface area contributed by atoms with Crippen molar-refractivity contribution < 1.29 is 19.1 Å². The van der Waals surface area contributed by atoms with Gasteiger partial charge in [0.25, 0.3) is 11.1 Å². The first-order chi connectivity index (χ1) is 12.3. The van der Waals surface area contributed by atoms with Gasteiger partial charge in [0.05, 0.1) is 18.6 Å². The van der Waals surface area contributed by atoms with Crippen molar-refractivity contribution in [3.05, 3.63) is 64.3 Å². The van der Waals surface area contributed by atoms with Gasteiger partial charge in [-0.05, 0) is 98.4 Å².